The van der Waals surface area contributed by atoms with E-state index >= 15 is 0 Å². The third kappa shape index (κ3) is 2.37. The summed E-state index contributed by atoms with van der Waals surface area (Å²) in [4.78, 5) is 14.3. The summed E-state index contributed by atoms with van der Waals surface area (Å²) in [7, 11) is 0. The summed E-state index contributed by atoms with van der Waals surface area (Å²) in [6.07, 6.45) is 0. The van der Waals surface area contributed by atoms with E-state index in [2.05, 4.69) is 5.32 Å². The lowest BCUT2D eigenvalue weighted by Gasteiger charge is -2.40. The molecule has 0 radical (unpaired) electrons. The van der Waals surface area contributed by atoms with Crippen LogP contribution in [0.2, 0.25) is 0 Å². The van der Waals surface area contributed by atoms with Crippen molar-refractivity contribution in [3.8, 4) is 0 Å². The Hall–Kier alpha value is -2.36. The molecule has 1 N–H and O–H groups in total. The van der Waals surface area contributed by atoms with Gasteiger partial charge in [-0.05, 0) is 32.0 Å². The Balaban J connectivity index is 2.04. The fourth-order valence-electron chi connectivity index (χ4n) is 2.61. The topological polar surface area (TPSA) is 32.3 Å². The highest BCUT2D eigenvalue weighted by Gasteiger charge is 2.38. The van der Waals surface area contributed by atoms with E-state index in [1.54, 1.807) is 23.1 Å². The van der Waals surface area contributed by atoms with Crippen LogP contribution >= 0.6 is 0 Å². The minimum atomic E-state index is -0.709. The van der Waals surface area contributed by atoms with Crippen molar-refractivity contribution in [1.82, 2.24) is 0 Å². The minimum Gasteiger partial charge on any atom is -0.370 e. The largest absolute Gasteiger partial charge is 0.370 e. The molecule has 1 amide bonds. The van der Waals surface area contributed by atoms with Crippen LogP contribution in [0.5, 0.6) is 0 Å². The predicted molar refractivity (Wildman–Crippen MR) is 81.7 cm³/mol. The van der Waals surface area contributed by atoms with Crippen molar-refractivity contribution in [2.24, 2.45) is 0 Å². The molecule has 4 heteroatoms. The van der Waals surface area contributed by atoms with E-state index < -0.39 is 5.54 Å². The molecule has 3 nitrogen and oxygen atoms in total. The second kappa shape index (κ2) is 4.88. The molecule has 0 saturated carbocycles. The highest BCUT2D eigenvalue weighted by molar-refractivity contribution is 6.07. The Morgan fingerprint density at radius 3 is 2.52 bits per heavy atom. The molecular formula is C17H17FN2O. The summed E-state index contributed by atoms with van der Waals surface area (Å²) in [5.74, 6) is -0.358. The first-order valence-electron chi connectivity index (χ1n) is 6.91. The number of halogens is 1. The normalized spacial score (nSPS) is 16.3. The maximum Gasteiger partial charge on any atom is 0.252 e. The molecule has 2 aromatic rings. The van der Waals surface area contributed by atoms with Crippen molar-refractivity contribution in [3.05, 3.63) is 59.9 Å². The number of hydrogen-bond donors (Lipinski definition) is 1. The summed E-state index contributed by atoms with van der Waals surface area (Å²) in [5.41, 5.74) is 1.47. The van der Waals surface area contributed by atoms with Crippen molar-refractivity contribution in [1.29, 1.82) is 0 Å². The van der Waals surface area contributed by atoms with Crippen molar-refractivity contribution < 1.29 is 9.18 Å². The standard InChI is InChI=1S/C17H17FN2O/c1-17(2)16(21)20(11-12-7-3-4-8-13(12)18)15-10-6-5-9-14(15)19-17/h3-10,19H,11H2,1-2H3. The van der Waals surface area contributed by atoms with Crippen molar-refractivity contribution in [3.63, 3.8) is 0 Å². The SMILES string of the molecule is CC1(C)Nc2ccccc2N(Cc2ccccc2F)C1=O. The van der Waals surface area contributed by atoms with Gasteiger partial charge in [-0.3, -0.25) is 4.79 Å². The fourth-order valence-corrected chi connectivity index (χ4v) is 2.61. The van der Waals surface area contributed by atoms with Crippen molar-refractivity contribution in [2.75, 3.05) is 10.2 Å². The number of carbonyl (C=O) groups excluding carboxylic acids is 1. The Bertz CT molecular complexity index is 697. The van der Waals surface area contributed by atoms with Crippen molar-refractivity contribution in [2.45, 2.75) is 25.9 Å². The van der Waals surface area contributed by atoms with Crippen LogP contribution in [0.25, 0.3) is 0 Å². The van der Waals surface area contributed by atoms with Crippen LogP contribution in [-0.2, 0) is 11.3 Å². The molecule has 0 atom stereocenters. The van der Waals surface area contributed by atoms with Crippen LogP contribution in [0.15, 0.2) is 48.5 Å². The lowest BCUT2D eigenvalue weighted by atomic mass is 9.97. The molecule has 0 spiro atoms. The number of nitrogens with one attached hydrogen (secondary N) is 1. The third-order valence-electron chi connectivity index (χ3n) is 3.71. The zero-order chi connectivity index (χ0) is 15.0. The highest BCUT2D eigenvalue weighted by Crippen LogP contribution is 2.36. The van der Waals surface area contributed by atoms with Gasteiger partial charge in [-0.15, -0.1) is 0 Å². The second-order valence-corrected chi connectivity index (χ2v) is 5.75. The van der Waals surface area contributed by atoms with Gasteiger partial charge in [0.05, 0.1) is 17.9 Å². The van der Waals surface area contributed by atoms with Gasteiger partial charge >= 0.3 is 0 Å². The molecule has 3 rings (SSSR count). The molecule has 1 aliphatic heterocycles. The van der Waals surface area contributed by atoms with Gasteiger partial charge in [0.25, 0.3) is 5.91 Å². The molecule has 0 bridgehead atoms. The lowest BCUT2D eigenvalue weighted by molar-refractivity contribution is -0.122. The average molecular weight is 284 g/mol. The number of rotatable bonds is 2. The Morgan fingerprint density at radius 2 is 1.76 bits per heavy atom. The van der Waals surface area contributed by atoms with Crippen LogP contribution in [0, 0.1) is 5.82 Å². The number of benzene rings is 2. The van der Waals surface area contributed by atoms with Gasteiger partial charge < -0.3 is 10.2 Å². The summed E-state index contributed by atoms with van der Waals surface area (Å²) < 4.78 is 13.9. The van der Waals surface area contributed by atoms with E-state index in [4.69, 9.17) is 0 Å². The van der Waals surface area contributed by atoms with Crippen LogP contribution < -0.4 is 10.2 Å². The van der Waals surface area contributed by atoms with E-state index in [0.29, 0.717) is 5.56 Å². The first kappa shape index (κ1) is 13.6. The Morgan fingerprint density at radius 1 is 1.10 bits per heavy atom. The smallest absolute Gasteiger partial charge is 0.252 e. The van der Waals surface area contributed by atoms with E-state index in [9.17, 15) is 9.18 Å². The molecule has 0 unspecified atom stereocenters. The molecule has 21 heavy (non-hydrogen) atoms. The lowest BCUT2D eigenvalue weighted by Crippen LogP contribution is -2.53. The maximum atomic E-state index is 13.9. The van der Waals surface area contributed by atoms with E-state index in [1.807, 2.05) is 38.1 Å². The van der Waals surface area contributed by atoms with E-state index in [1.165, 1.54) is 6.07 Å². The summed E-state index contributed by atoms with van der Waals surface area (Å²) in [6.45, 7) is 3.90. The third-order valence-corrected chi connectivity index (χ3v) is 3.71. The first-order valence-corrected chi connectivity index (χ1v) is 6.91. The molecule has 0 saturated heterocycles. The molecule has 0 aliphatic carbocycles. The summed E-state index contributed by atoms with van der Waals surface area (Å²) >= 11 is 0. The monoisotopic (exact) mass is 284 g/mol. The number of amides is 1. The number of anilines is 2. The van der Waals surface area contributed by atoms with Gasteiger partial charge in [0, 0.05) is 5.56 Å². The predicted octanol–water partition coefficient (Wildman–Crippen LogP) is 3.56. The van der Waals surface area contributed by atoms with Crippen LogP contribution in [0.4, 0.5) is 15.8 Å². The fraction of sp³-hybridized carbons (Fsp3) is 0.235. The van der Waals surface area contributed by atoms with Crippen LogP contribution in [0.3, 0.4) is 0 Å². The molecule has 0 fully saturated rings. The number of hydrogen-bond acceptors (Lipinski definition) is 2. The summed E-state index contributed by atoms with van der Waals surface area (Å²) in [5, 5.41) is 3.23. The van der Waals surface area contributed by atoms with Gasteiger partial charge in [-0.2, -0.15) is 0 Å². The van der Waals surface area contributed by atoms with E-state index in [0.717, 1.165) is 11.4 Å². The molecule has 1 aliphatic rings. The molecule has 2 aromatic carbocycles. The Labute approximate surface area is 123 Å². The highest BCUT2D eigenvalue weighted by atomic mass is 19.1. The summed E-state index contributed by atoms with van der Waals surface area (Å²) in [6, 6.07) is 14.1. The van der Waals surface area contributed by atoms with Gasteiger partial charge in [0.15, 0.2) is 0 Å². The Kier molecular flexibility index (Phi) is 3.16. The van der Waals surface area contributed by atoms with Crippen molar-refractivity contribution >= 4 is 17.3 Å². The quantitative estimate of drug-likeness (QED) is 0.914. The van der Waals surface area contributed by atoms with Gasteiger partial charge in [0.1, 0.15) is 11.4 Å². The molecular weight excluding hydrogens is 267 g/mol. The molecule has 0 aromatic heterocycles. The minimum absolute atomic E-state index is 0.0653. The number of carbonyl (C=O) groups is 1. The van der Waals surface area contributed by atoms with Gasteiger partial charge in [0.2, 0.25) is 0 Å². The number of fused-ring (bicyclic) bond motifs is 1. The van der Waals surface area contributed by atoms with Crippen LogP contribution in [-0.4, -0.2) is 11.4 Å². The number of nitrogens with zero attached hydrogens (tertiary/aromatic N) is 1. The zero-order valence-electron chi connectivity index (χ0n) is 12.1. The second-order valence-electron chi connectivity index (χ2n) is 5.75. The maximum absolute atomic E-state index is 13.9. The molecule has 1 heterocycles. The van der Waals surface area contributed by atoms with Crippen LogP contribution in [0.1, 0.15) is 19.4 Å². The van der Waals surface area contributed by atoms with Gasteiger partial charge in [-0.1, -0.05) is 30.3 Å². The zero-order valence-corrected chi connectivity index (χ0v) is 12.1. The number of para-hydroxylation sites is 2. The van der Waals surface area contributed by atoms with E-state index in [-0.39, 0.29) is 18.3 Å². The van der Waals surface area contributed by atoms with Gasteiger partial charge in [-0.25, -0.2) is 4.39 Å². The average Bonchev–Trinajstić information content (AvgIpc) is 2.45. The first-order chi connectivity index (χ1) is 9.99. The molecule has 108 valence electrons.